The van der Waals surface area contributed by atoms with Crippen LogP contribution in [0.25, 0.3) is 5.57 Å². The molecule has 1 fully saturated rings. The molecule has 25 heavy (non-hydrogen) atoms. The Kier molecular flexibility index (Phi) is 4.34. The van der Waals surface area contributed by atoms with Crippen molar-refractivity contribution in [3.63, 3.8) is 0 Å². The maximum absolute atomic E-state index is 13.0. The lowest BCUT2D eigenvalue weighted by molar-refractivity contribution is 0.0456. The lowest BCUT2D eigenvalue weighted by atomic mass is 9.94. The number of carbonyl (C=O) groups excluding carboxylic acids is 1. The van der Waals surface area contributed by atoms with E-state index in [9.17, 15) is 9.36 Å². The van der Waals surface area contributed by atoms with E-state index in [0.29, 0.717) is 41.4 Å². The van der Waals surface area contributed by atoms with E-state index in [-0.39, 0.29) is 5.41 Å². The average Bonchev–Trinajstić information content (AvgIpc) is 2.80. The van der Waals surface area contributed by atoms with E-state index in [1.54, 1.807) is 12.1 Å². The first-order chi connectivity index (χ1) is 11.6. The van der Waals surface area contributed by atoms with Crippen molar-refractivity contribution in [1.29, 1.82) is 0 Å². The van der Waals surface area contributed by atoms with Gasteiger partial charge < -0.3 is 18.5 Å². The second-order valence-electron chi connectivity index (χ2n) is 7.62. The number of ether oxygens (including phenoxy) is 2. The Morgan fingerprint density at radius 2 is 1.80 bits per heavy atom. The fourth-order valence-electron chi connectivity index (χ4n) is 2.85. The molecular weight excluding hydrogens is 343 g/mol. The number of rotatable bonds is 3. The van der Waals surface area contributed by atoms with E-state index < -0.39 is 13.2 Å². The topological polar surface area (TPSA) is 71.1 Å². The number of hydrogen-bond donors (Lipinski definition) is 0. The molecule has 0 spiro atoms. The molecule has 2 aliphatic rings. The molecule has 6 nitrogen and oxygen atoms in total. The summed E-state index contributed by atoms with van der Waals surface area (Å²) in [6.45, 7) is 8.39. The second kappa shape index (κ2) is 5.97. The van der Waals surface area contributed by atoms with Gasteiger partial charge in [0.05, 0.1) is 20.3 Å². The molecule has 7 heteroatoms. The molecule has 136 valence electrons. The van der Waals surface area contributed by atoms with E-state index in [0.717, 1.165) is 6.29 Å². The highest BCUT2D eigenvalue weighted by molar-refractivity contribution is 7.57. The predicted molar refractivity (Wildman–Crippen MR) is 94.4 cm³/mol. The summed E-state index contributed by atoms with van der Waals surface area (Å²) in [6, 6.07) is 3.31. The van der Waals surface area contributed by atoms with Crippen LogP contribution in [-0.4, -0.2) is 32.2 Å². The summed E-state index contributed by atoms with van der Waals surface area (Å²) in [5.41, 5.74) is 0.840. The van der Waals surface area contributed by atoms with Crippen molar-refractivity contribution in [3.8, 4) is 11.5 Å². The number of aldehydes is 1. The summed E-state index contributed by atoms with van der Waals surface area (Å²) in [6.07, 6.45) is 0.740. The molecule has 0 radical (unpaired) electrons. The Bertz CT molecular complexity index is 779. The molecule has 1 aromatic carbocycles. The van der Waals surface area contributed by atoms with Crippen LogP contribution in [-0.2, 0) is 13.6 Å². The minimum atomic E-state index is -3.40. The third-order valence-corrected chi connectivity index (χ3v) is 5.84. The Balaban J connectivity index is 2.08. The van der Waals surface area contributed by atoms with Crippen LogP contribution in [0.2, 0.25) is 0 Å². The summed E-state index contributed by atoms with van der Waals surface area (Å²) in [7, 11) is -1.88. The van der Waals surface area contributed by atoms with Crippen LogP contribution >= 0.6 is 7.60 Å². The lowest BCUT2D eigenvalue weighted by Crippen LogP contribution is -2.29. The highest BCUT2D eigenvalue weighted by atomic mass is 31.2. The van der Waals surface area contributed by atoms with Gasteiger partial charge in [0.25, 0.3) is 0 Å². The summed E-state index contributed by atoms with van der Waals surface area (Å²) in [5, 5.41) is 0. The fraction of sp³-hybridized carbons (Fsp3) is 0.500. The zero-order valence-corrected chi connectivity index (χ0v) is 16.0. The average molecular weight is 366 g/mol. The highest BCUT2D eigenvalue weighted by Gasteiger charge is 2.42. The highest BCUT2D eigenvalue weighted by Crippen LogP contribution is 2.60. The molecule has 1 saturated heterocycles. The third kappa shape index (κ3) is 3.39. The zero-order valence-electron chi connectivity index (χ0n) is 15.1. The van der Waals surface area contributed by atoms with Crippen molar-refractivity contribution in [2.75, 3.05) is 20.3 Å². The van der Waals surface area contributed by atoms with Gasteiger partial charge in [0.1, 0.15) is 11.9 Å². The van der Waals surface area contributed by atoms with Gasteiger partial charge in [0.15, 0.2) is 11.5 Å². The van der Waals surface area contributed by atoms with Gasteiger partial charge in [-0.1, -0.05) is 13.8 Å². The van der Waals surface area contributed by atoms with Crippen molar-refractivity contribution in [1.82, 2.24) is 0 Å². The predicted octanol–water partition coefficient (Wildman–Crippen LogP) is 4.29. The van der Waals surface area contributed by atoms with Gasteiger partial charge >= 0.3 is 7.60 Å². The molecule has 0 atom stereocenters. The van der Waals surface area contributed by atoms with Crippen LogP contribution in [0.5, 0.6) is 11.5 Å². The third-order valence-electron chi connectivity index (χ3n) is 4.29. The Hall–Kier alpha value is -1.62. The van der Waals surface area contributed by atoms with E-state index in [4.69, 9.17) is 18.5 Å². The van der Waals surface area contributed by atoms with Gasteiger partial charge in [-0.25, -0.2) is 0 Å². The van der Waals surface area contributed by atoms with Crippen LogP contribution in [0, 0.1) is 5.41 Å². The van der Waals surface area contributed by atoms with Crippen molar-refractivity contribution < 1.29 is 27.9 Å². The standard InChI is InChI=1S/C18H23O6P/c1-17(2)10-22-25(20,23-11-17)9-14-13-6-12(8-19)7-15(21-5)16(13)24-18(14,3)4/h6-9H,10-11H2,1-5H3/b14-9-. The van der Waals surface area contributed by atoms with Crippen molar-refractivity contribution >= 4 is 19.5 Å². The lowest BCUT2D eigenvalue weighted by Gasteiger charge is -2.33. The van der Waals surface area contributed by atoms with E-state index in [1.807, 2.05) is 27.7 Å². The Morgan fingerprint density at radius 3 is 2.36 bits per heavy atom. The van der Waals surface area contributed by atoms with Gasteiger partial charge in [-0.15, -0.1) is 0 Å². The number of methoxy groups -OCH3 is 1. The first kappa shape index (κ1) is 18.2. The maximum Gasteiger partial charge on any atom is 0.354 e. The summed E-state index contributed by atoms with van der Waals surface area (Å²) in [4.78, 5) is 11.2. The fourth-order valence-corrected chi connectivity index (χ4v) is 4.90. The number of carbonyl (C=O) groups is 1. The van der Waals surface area contributed by atoms with Gasteiger partial charge in [-0.05, 0) is 26.0 Å². The number of hydrogen-bond acceptors (Lipinski definition) is 6. The molecule has 1 aromatic rings. The van der Waals surface area contributed by atoms with E-state index in [1.165, 1.54) is 12.9 Å². The summed E-state index contributed by atoms with van der Waals surface area (Å²) < 4.78 is 35.5. The first-order valence-corrected chi connectivity index (χ1v) is 9.69. The second-order valence-corrected chi connectivity index (χ2v) is 9.48. The van der Waals surface area contributed by atoms with E-state index in [2.05, 4.69) is 0 Å². The molecule has 2 heterocycles. The quantitative estimate of drug-likeness (QED) is 0.587. The van der Waals surface area contributed by atoms with Gasteiger partial charge in [0, 0.05) is 27.9 Å². The molecule has 0 amide bonds. The van der Waals surface area contributed by atoms with Gasteiger partial charge in [-0.3, -0.25) is 9.36 Å². The summed E-state index contributed by atoms with van der Waals surface area (Å²) in [5.74, 6) is 2.50. The van der Waals surface area contributed by atoms with Crippen molar-refractivity contribution in [2.24, 2.45) is 5.41 Å². The maximum atomic E-state index is 13.0. The summed E-state index contributed by atoms with van der Waals surface area (Å²) >= 11 is 0. The SMILES string of the molecule is COc1cc(C=O)cc2c1OC(C)(C)/C2=C\P1(=O)OCC(C)(C)CO1. The minimum absolute atomic E-state index is 0.181. The minimum Gasteiger partial charge on any atom is -0.493 e. The van der Waals surface area contributed by atoms with Gasteiger partial charge in [0.2, 0.25) is 0 Å². The van der Waals surface area contributed by atoms with Crippen molar-refractivity contribution in [3.05, 3.63) is 29.1 Å². The van der Waals surface area contributed by atoms with Crippen LogP contribution in [0.4, 0.5) is 0 Å². The molecule has 0 saturated carbocycles. The monoisotopic (exact) mass is 366 g/mol. The largest absolute Gasteiger partial charge is 0.493 e. The molecular formula is C18H23O6P. The van der Waals surface area contributed by atoms with Crippen LogP contribution in [0.15, 0.2) is 17.9 Å². The molecule has 3 rings (SSSR count). The molecule has 0 aromatic heterocycles. The normalized spacial score (nSPS) is 24.4. The van der Waals surface area contributed by atoms with Gasteiger partial charge in [-0.2, -0.15) is 0 Å². The molecule has 0 bridgehead atoms. The molecule has 2 aliphatic heterocycles. The number of benzene rings is 1. The van der Waals surface area contributed by atoms with E-state index >= 15 is 0 Å². The van der Waals surface area contributed by atoms with Crippen LogP contribution < -0.4 is 9.47 Å². The first-order valence-electron chi connectivity index (χ1n) is 8.08. The molecule has 0 aliphatic carbocycles. The van der Waals surface area contributed by atoms with Crippen LogP contribution in [0.3, 0.4) is 0 Å². The number of fused-ring (bicyclic) bond motifs is 1. The smallest absolute Gasteiger partial charge is 0.354 e. The molecule has 0 N–H and O–H groups in total. The van der Waals surface area contributed by atoms with Crippen molar-refractivity contribution in [2.45, 2.75) is 33.3 Å². The molecule has 0 unspecified atom stereocenters. The zero-order chi connectivity index (χ0) is 18.5. The Labute approximate surface area is 147 Å². The Morgan fingerprint density at radius 1 is 1.16 bits per heavy atom. The van der Waals surface area contributed by atoms with Crippen LogP contribution in [0.1, 0.15) is 43.6 Å².